The van der Waals surface area contributed by atoms with Crippen LogP contribution in [0, 0.1) is 12.7 Å². The van der Waals surface area contributed by atoms with E-state index >= 15 is 0 Å². The Morgan fingerprint density at radius 3 is 2.40 bits per heavy atom. The van der Waals surface area contributed by atoms with E-state index in [9.17, 15) is 23.6 Å². The number of nitrogens with one attached hydrogen (secondary N) is 3. The van der Waals surface area contributed by atoms with Gasteiger partial charge in [0.1, 0.15) is 17.3 Å². The summed E-state index contributed by atoms with van der Waals surface area (Å²) < 4.78 is 20.6. The van der Waals surface area contributed by atoms with Gasteiger partial charge in [-0.15, -0.1) is 11.3 Å². The minimum absolute atomic E-state index is 0.0706. The van der Waals surface area contributed by atoms with Crippen LogP contribution in [0.15, 0.2) is 60.8 Å². The van der Waals surface area contributed by atoms with Gasteiger partial charge in [0, 0.05) is 31.0 Å². The summed E-state index contributed by atoms with van der Waals surface area (Å²) in [6, 6.07) is 13.7. The molecule has 0 atom stereocenters. The summed E-state index contributed by atoms with van der Waals surface area (Å²) in [4.78, 5) is 52.9. The Hall–Kier alpha value is -5.08. The highest BCUT2D eigenvalue weighted by atomic mass is 32.1. The largest absolute Gasteiger partial charge is 0.480 e. The number of thiophene rings is 1. The van der Waals surface area contributed by atoms with Gasteiger partial charge in [-0.1, -0.05) is 6.07 Å². The molecule has 0 radical (unpaired) electrons. The number of urea groups is 1. The summed E-state index contributed by atoms with van der Waals surface area (Å²) in [5.74, 6) is -2.22. The van der Waals surface area contributed by atoms with Crippen LogP contribution < -0.4 is 20.7 Å². The molecule has 4 aromatic rings. The number of carboxylic acid groups (broad SMARTS) is 2. The van der Waals surface area contributed by atoms with E-state index in [4.69, 9.17) is 14.9 Å². The molecule has 0 fully saturated rings. The van der Waals surface area contributed by atoms with Crippen molar-refractivity contribution in [3.05, 3.63) is 77.1 Å². The average Bonchev–Trinajstić information content (AvgIpc) is 3.39. The lowest BCUT2D eigenvalue weighted by molar-refractivity contribution is -0.141. The van der Waals surface area contributed by atoms with Crippen LogP contribution in [0.1, 0.15) is 21.7 Å². The number of rotatable bonds is 13. The van der Waals surface area contributed by atoms with Gasteiger partial charge >= 0.3 is 18.0 Å². The Labute approximate surface area is 249 Å². The number of aliphatic carboxylic acids is 2. The number of hydrogen-bond donors (Lipinski definition) is 5. The van der Waals surface area contributed by atoms with Crippen molar-refractivity contribution in [2.75, 3.05) is 36.8 Å². The fourth-order valence-electron chi connectivity index (χ4n) is 4.05. The lowest BCUT2D eigenvalue weighted by atomic mass is 10.2. The predicted octanol–water partition coefficient (Wildman–Crippen LogP) is 4.77. The number of hydrogen-bond acceptors (Lipinski definition) is 8. The second kappa shape index (κ2) is 14.2. The zero-order valence-electron chi connectivity index (χ0n) is 22.9. The molecule has 0 aliphatic heterocycles. The van der Waals surface area contributed by atoms with Crippen molar-refractivity contribution in [1.29, 1.82) is 0 Å². The number of fused-ring (bicyclic) bond motifs is 1. The van der Waals surface area contributed by atoms with Crippen molar-refractivity contribution in [3.63, 3.8) is 0 Å². The molecule has 12 nitrogen and oxygen atoms in total. The van der Waals surface area contributed by atoms with Crippen LogP contribution in [0.5, 0.6) is 11.5 Å². The lowest BCUT2D eigenvalue weighted by Gasteiger charge is -2.17. The third kappa shape index (κ3) is 8.95. The number of benzene rings is 2. The number of nitrogens with zero attached hydrogens (tertiary/aromatic N) is 2. The molecule has 224 valence electrons. The minimum Gasteiger partial charge on any atom is -0.480 e. The van der Waals surface area contributed by atoms with E-state index in [1.165, 1.54) is 28.4 Å². The molecule has 43 heavy (non-hydrogen) atoms. The molecule has 3 amide bonds. The number of ether oxygens (including phenoxy) is 1. The van der Waals surface area contributed by atoms with Crippen LogP contribution in [-0.4, -0.2) is 70.2 Å². The third-order valence-electron chi connectivity index (χ3n) is 5.96. The van der Waals surface area contributed by atoms with Crippen molar-refractivity contribution in [2.24, 2.45) is 0 Å². The number of halogens is 1. The summed E-state index contributed by atoms with van der Waals surface area (Å²) in [5, 5.41) is 25.7. The molecule has 0 saturated heterocycles. The summed E-state index contributed by atoms with van der Waals surface area (Å²) >= 11 is 1.19. The van der Waals surface area contributed by atoms with E-state index < -0.39 is 36.9 Å². The summed E-state index contributed by atoms with van der Waals surface area (Å²) in [5.41, 5.74) is 1.89. The first-order valence-electron chi connectivity index (χ1n) is 13.0. The van der Waals surface area contributed by atoms with E-state index in [0.29, 0.717) is 38.7 Å². The Morgan fingerprint density at radius 1 is 0.977 bits per heavy atom. The summed E-state index contributed by atoms with van der Waals surface area (Å²) in [6.07, 6.45) is 1.91. The standard InChI is InChI=1S/C29H28FN5O7S/c1-17-3-8-20(30)21(13-17)34-29(41)33-18-4-6-19(7-5-18)42-23-9-11-31-22-14-24(43-27(22)23)28(40)32-10-2-12-35(15-25(36)37)16-26(38)39/h3-9,11,13-14H,2,10,12,15-16H2,1H3,(H,32,40)(H,36,37)(H,38,39)(H2,33,34,41). The zero-order chi connectivity index (χ0) is 30.9. The smallest absolute Gasteiger partial charge is 0.323 e. The fraction of sp³-hybridized carbons (Fsp3) is 0.207. The number of aromatic nitrogens is 1. The second-order valence-corrected chi connectivity index (χ2v) is 10.5. The molecule has 0 saturated carbocycles. The van der Waals surface area contributed by atoms with Gasteiger partial charge < -0.3 is 30.9 Å². The molecule has 2 heterocycles. The van der Waals surface area contributed by atoms with Gasteiger partial charge in [0.15, 0.2) is 0 Å². The Kier molecular flexibility index (Phi) is 10.2. The van der Waals surface area contributed by atoms with Crippen molar-refractivity contribution in [1.82, 2.24) is 15.2 Å². The minimum atomic E-state index is -1.13. The molecule has 0 unspecified atom stereocenters. The van der Waals surface area contributed by atoms with Crippen molar-refractivity contribution >= 4 is 56.8 Å². The first-order valence-corrected chi connectivity index (χ1v) is 13.8. The van der Waals surface area contributed by atoms with Crippen LogP contribution in [0.2, 0.25) is 0 Å². The topological polar surface area (TPSA) is 170 Å². The maximum atomic E-state index is 13.9. The molecule has 2 aromatic carbocycles. The first kappa shape index (κ1) is 30.9. The highest BCUT2D eigenvalue weighted by molar-refractivity contribution is 7.21. The molecule has 0 aliphatic rings. The summed E-state index contributed by atoms with van der Waals surface area (Å²) in [7, 11) is 0. The number of amides is 3. The number of carbonyl (C=O) groups excluding carboxylic acids is 2. The van der Waals surface area contributed by atoms with Crippen molar-refractivity contribution in [3.8, 4) is 11.5 Å². The molecule has 4 rings (SSSR count). The van der Waals surface area contributed by atoms with E-state index in [2.05, 4.69) is 20.9 Å². The maximum absolute atomic E-state index is 13.9. The Balaban J connectivity index is 1.33. The molecule has 0 bridgehead atoms. The molecular formula is C29H28FN5O7S. The highest BCUT2D eigenvalue weighted by Gasteiger charge is 2.16. The van der Waals surface area contributed by atoms with Gasteiger partial charge in [-0.3, -0.25) is 24.3 Å². The van der Waals surface area contributed by atoms with Crippen LogP contribution >= 0.6 is 11.3 Å². The molecule has 2 aromatic heterocycles. The normalized spacial score (nSPS) is 10.9. The molecule has 0 aliphatic carbocycles. The average molecular weight is 610 g/mol. The van der Waals surface area contributed by atoms with Crippen molar-refractivity contribution in [2.45, 2.75) is 13.3 Å². The number of carbonyl (C=O) groups is 4. The van der Waals surface area contributed by atoms with Crippen LogP contribution in [0.4, 0.5) is 20.6 Å². The molecule has 5 N–H and O–H groups in total. The van der Waals surface area contributed by atoms with E-state index in [1.807, 2.05) is 0 Å². The second-order valence-electron chi connectivity index (χ2n) is 9.43. The van der Waals surface area contributed by atoms with Crippen molar-refractivity contribution < 1.29 is 38.5 Å². The number of aryl methyl sites for hydroxylation is 1. The monoisotopic (exact) mass is 609 g/mol. The van der Waals surface area contributed by atoms with Crippen LogP contribution in [-0.2, 0) is 9.59 Å². The molecule has 0 spiro atoms. The predicted molar refractivity (Wildman–Crippen MR) is 159 cm³/mol. The molecular weight excluding hydrogens is 581 g/mol. The van der Waals surface area contributed by atoms with Gasteiger partial charge in [0.2, 0.25) is 0 Å². The zero-order valence-corrected chi connectivity index (χ0v) is 23.7. The Morgan fingerprint density at radius 2 is 1.70 bits per heavy atom. The number of pyridine rings is 1. The SMILES string of the molecule is Cc1ccc(F)c(NC(=O)Nc2ccc(Oc3ccnc4cc(C(=O)NCCCN(CC(=O)O)CC(=O)O)sc34)cc2)c1. The number of carboxylic acids is 2. The van der Waals surface area contributed by atoms with Gasteiger partial charge in [0.25, 0.3) is 5.91 Å². The first-order chi connectivity index (χ1) is 20.6. The van der Waals surface area contributed by atoms with Gasteiger partial charge in [-0.25, -0.2) is 9.18 Å². The van der Waals surface area contributed by atoms with E-state index in [-0.39, 0.29) is 24.7 Å². The molecule has 14 heteroatoms. The third-order valence-corrected chi connectivity index (χ3v) is 7.10. The quantitative estimate of drug-likeness (QED) is 0.134. The van der Waals surface area contributed by atoms with Gasteiger partial charge in [-0.05, 0) is 61.4 Å². The van der Waals surface area contributed by atoms with Crippen LogP contribution in [0.3, 0.4) is 0 Å². The van der Waals surface area contributed by atoms with E-state index in [0.717, 1.165) is 5.56 Å². The fourth-order valence-corrected chi connectivity index (χ4v) is 5.03. The van der Waals surface area contributed by atoms with Gasteiger partial charge in [-0.2, -0.15) is 0 Å². The van der Waals surface area contributed by atoms with Gasteiger partial charge in [0.05, 0.1) is 33.9 Å². The highest BCUT2D eigenvalue weighted by Crippen LogP contribution is 2.35. The lowest BCUT2D eigenvalue weighted by Crippen LogP contribution is -2.36. The number of anilines is 2. The van der Waals surface area contributed by atoms with Crippen LogP contribution in [0.25, 0.3) is 10.2 Å². The van der Waals surface area contributed by atoms with E-state index in [1.54, 1.807) is 55.6 Å². The Bertz CT molecular complexity index is 1630. The maximum Gasteiger partial charge on any atom is 0.323 e. The summed E-state index contributed by atoms with van der Waals surface area (Å²) in [6.45, 7) is 1.38.